The summed E-state index contributed by atoms with van der Waals surface area (Å²) in [5.74, 6) is 0.257. The van der Waals surface area contributed by atoms with Crippen molar-refractivity contribution in [2.24, 2.45) is 0 Å². The monoisotopic (exact) mass is 252 g/mol. The molecule has 1 aromatic rings. The van der Waals surface area contributed by atoms with Crippen molar-refractivity contribution in [2.75, 3.05) is 38.4 Å². The molecule has 0 aliphatic carbocycles. The first kappa shape index (κ1) is 12.8. The van der Waals surface area contributed by atoms with Gasteiger partial charge in [0.1, 0.15) is 5.82 Å². The van der Waals surface area contributed by atoms with E-state index in [0.717, 1.165) is 0 Å². The molecule has 0 bridgehead atoms. The van der Waals surface area contributed by atoms with Crippen LogP contribution in [0.25, 0.3) is 0 Å². The number of hydrogen-bond acceptors (Lipinski definition) is 6. The van der Waals surface area contributed by atoms with Crippen LogP contribution in [0.3, 0.4) is 0 Å². The summed E-state index contributed by atoms with van der Waals surface area (Å²) in [7, 11) is 1.34. The molecule has 0 radical (unpaired) electrons. The number of hydrogen-bond donors (Lipinski definition) is 1. The van der Waals surface area contributed by atoms with Gasteiger partial charge in [0.15, 0.2) is 0 Å². The maximum absolute atomic E-state index is 11.5. The van der Waals surface area contributed by atoms with E-state index in [-0.39, 0.29) is 12.6 Å². The summed E-state index contributed by atoms with van der Waals surface area (Å²) in [5, 5.41) is 9.31. The van der Waals surface area contributed by atoms with E-state index in [9.17, 15) is 9.90 Å². The first-order valence-corrected chi connectivity index (χ1v) is 5.76. The maximum atomic E-state index is 11.5. The second kappa shape index (κ2) is 5.79. The largest absolute Gasteiger partial charge is 0.465 e. The molecule has 6 nitrogen and oxygen atoms in total. The van der Waals surface area contributed by atoms with Crippen molar-refractivity contribution in [1.82, 2.24) is 4.98 Å². The maximum Gasteiger partial charge on any atom is 0.338 e. The fraction of sp³-hybridized carbons (Fsp3) is 0.500. The van der Waals surface area contributed by atoms with Crippen LogP contribution in [0.2, 0.25) is 0 Å². The SMILES string of the molecule is COC(=O)c1ccnc(N2CCOCC2CO)c1. The predicted octanol–water partition coefficient (Wildman–Crippen LogP) is 0.0657. The molecule has 0 amide bonds. The molecule has 1 atom stereocenters. The zero-order chi connectivity index (χ0) is 13.0. The van der Waals surface area contributed by atoms with Gasteiger partial charge in [0.25, 0.3) is 0 Å². The molecular weight excluding hydrogens is 236 g/mol. The molecule has 98 valence electrons. The Balaban J connectivity index is 2.23. The molecule has 1 aromatic heterocycles. The molecule has 1 aliphatic rings. The van der Waals surface area contributed by atoms with Crippen molar-refractivity contribution in [3.05, 3.63) is 23.9 Å². The van der Waals surface area contributed by atoms with Gasteiger partial charge >= 0.3 is 5.97 Å². The summed E-state index contributed by atoms with van der Waals surface area (Å²) in [6, 6.07) is 3.14. The van der Waals surface area contributed by atoms with E-state index in [4.69, 9.17) is 4.74 Å². The van der Waals surface area contributed by atoms with Gasteiger partial charge in [0, 0.05) is 12.7 Å². The van der Waals surface area contributed by atoms with Gasteiger partial charge in [-0.1, -0.05) is 0 Å². The van der Waals surface area contributed by atoms with Crippen molar-refractivity contribution >= 4 is 11.8 Å². The Labute approximate surface area is 105 Å². The van der Waals surface area contributed by atoms with Crippen LogP contribution in [-0.2, 0) is 9.47 Å². The Morgan fingerprint density at radius 1 is 1.72 bits per heavy atom. The number of aliphatic hydroxyl groups excluding tert-OH is 1. The minimum atomic E-state index is -0.396. The Hall–Kier alpha value is -1.66. The number of aromatic nitrogens is 1. The third-order valence-electron chi connectivity index (χ3n) is 2.90. The third-order valence-corrected chi connectivity index (χ3v) is 2.90. The molecule has 1 saturated heterocycles. The topological polar surface area (TPSA) is 71.9 Å². The molecule has 0 aromatic carbocycles. The Morgan fingerprint density at radius 3 is 3.28 bits per heavy atom. The standard InChI is InChI=1S/C12H16N2O4/c1-17-12(16)9-2-3-13-11(6-9)14-4-5-18-8-10(14)7-15/h2-3,6,10,15H,4-5,7-8H2,1H3. The molecule has 6 heteroatoms. The number of rotatable bonds is 3. The summed E-state index contributed by atoms with van der Waals surface area (Å²) in [5.41, 5.74) is 0.450. The Bertz CT molecular complexity index is 424. The first-order valence-electron chi connectivity index (χ1n) is 5.76. The molecular formula is C12H16N2O4. The number of aliphatic hydroxyl groups is 1. The van der Waals surface area contributed by atoms with Crippen LogP contribution in [0.5, 0.6) is 0 Å². The van der Waals surface area contributed by atoms with Crippen LogP contribution in [0.1, 0.15) is 10.4 Å². The van der Waals surface area contributed by atoms with Gasteiger partial charge in [0.05, 0.1) is 38.5 Å². The van der Waals surface area contributed by atoms with E-state index >= 15 is 0 Å². The van der Waals surface area contributed by atoms with Crippen molar-refractivity contribution in [2.45, 2.75) is 6.04 Å². The lowest BCUT2D eigenvalue weighted by Crippen LogP contribution is -2.48. The van der Waals surface area contributed by atoms with Crippen LogP contribution in [0.4, 0.5) is 5.82 Å². The number of methoxy groups -OCH3 is 1. The molecule has 18 heavy (non-hydrogen) atoms. The quantitative estimate of drug-likeness (QED) is 0.767. The summed E-state index contributed by atoms with van der Waals surface area (Å²) >= 11 is 0. The second-order valence-electron chi connectivity index (χ2n) is 4.00. The van der Waals surface area contributed by atoms with Crippen molar-refractivity contribution in [3.63, 3.8) is 0 Å². The summed E-state index contributed by atoms with van der Waals surface area (Å²) < 4.78 is 9.97. The smallest absolute Gasteiger partial charge is 0.338 e. The van der Waals surface area contributed by atoms with Crippen LogP contribution < -0.4 is 4.90 Å². The summed E-state index contributed by atoms with van der Waals surface area (Å²) in [6.45, 7) is 1.67. The normalized spacial score (nSPS) is 19.7. The second-order valence-corrected chi connectivity index (χ2v) is 4.00. The van der Waals surface area contributed by atoms with Gasteiger partial charge < -0.3 is 19.5 Å². The highest BCUT2D eigenvalue weighted by Gasteiger charge is 2.24. The lowest BCUT2D eigenvalue weighted by molar-refractivity contribution is 0.0600. The Kier molecular flexibility index (Phi) is 4.11. The molecule has 1 unspecified atom stereocenters. The molecule has 2 heterocycles. The number of anilines is 1. The van der Waals surface area contributed by atoms with Crippen molar-refractivity contribution in [3.8, 4) is 0 Å². The molecule has 1 N–H and O–H groups in total. The van der Waals surface area contributed by atoms with Crippen LogP contribution in [0, 0.1) is 0 Å². The van der Waals surface area contributed by atoms with Crippen LogP contribution in [-0.4, -0.2) is 55.6 Å². The fourth-order valence-corrected chi connectivity index (χ4v) is 1.93. The Morgan fingerprint density at radius 2 is 2.56 bits per heavy atom. The zero-order valence-electron chi connectivity index (χ0n) is 10.2. The average Bonchev–Trinajstić information content (AvgIpc) is 2.46. The van der Waals surface area contributed by atoms with Gasteiger partial charge in [-0.3, -0.25) is 0 Å². The number of carbonyl (C=O) groups excluding carboxylic acids is 1. The highest BCUT2D eigenvalue weighted by Crippen LogP contribution is 2.18. The lowest BCUT2D eigenvalue weighted by Gasteiger charge is -2.35. The highest BCUT2D eigenvalue weighted by molar-refractivity contribution is 5.90. The van der Waals surface area contributed by atoms with Crippen molar-refractivity contribution < 1.29 is 19.4 Å². The molecule has 1 aliphatic heterocycles. The number of nitrogens with zero attached hydrogens (tertiary/aromatic N) is 2. The minimum absolute atomic E-state index is 0.00979. The molecule has 2 rings (SSSR count). The van der Waals surface area contributed by atoms with Gasteiger partial charge in [-0.05, 0) is 12.1 Å². The average molecular weight is 252 g/mol. The number of morpholine rings is 1. The molecule has 1 fully saturated rings. The van der Waals surface area contributed by atoms with Crippen LogP contribution in [0.15, 0.2) is 18.3 Å². The van der Waals surface area contributed by atoms with Gasteiger partial charge in [-0.2, -0.15) is 0 Å². The number of carbonyl (C=O) groups is 1. The van der Waals surface area contributed by atoms with E-state index in [1.807, 2.05) is 4.90 Å². The van der Waals surface area contributed by atoms with E-state index in [1.165, 1.54) is 7.11 Å². The van der Waals surface area contributed by atoms with Gasteiger partial charge in [0.2, 0.25) is 0 Å². The van der Waals surface area contributed by atoms with Gasteiger partial charge in [-0.15, -0.1) is 0 Å². The van der Waals surface area contributed by atoms with Crippen LogP contribution >= 0.6 is 0 Å². The third kappa shape index (κ3) is 2.60. The summed E-state index contributed by atoms with van der Waals surface area (Å²) in [6.07, 6.45) is 1.56. The number of esters is 1. The lowest BCUT2D eigenvalue weighted by atomic mass is 10.2. The van der Waals surface area contributed by atoms with E-state index < -0.39 is 5.97 Å². The molecule has 0 saturated carbocycles. The molecule has 0 spiro atoms. The van der Waals surface area contributed by atoms with Gasteiger partial charge in [-0.25, -0.2) is 9.78 Å². The summed E-state index contributed by atoms with van der Waals surface area (Å²) in [4.78, 5) is 17.6. The number of ether oxygens (including phenoxy) is 2. The van der Waals surface area contributed by atoms with E-state index in [1.54, 1.807) is 18.3 Å². The highest BCUT2D eigenvalue weighted by atomic mass is 16.5. The minimum Gasteiger partial charge on any atom is -0.465 e. The fourth-order valence-electron chi connectivity index (χ4n) is 1.93. The van der Waals surface area contributed by atoms with Crippen molar-refractivity contribution in [1.29, 1.82) is 0 Å². The zero-order valence-corrected chi connectivity index (χ0v) is 10.2. The van der Waals surface area contributed by atoms with E-state index in [0.29, 0.717) is 31.1 Å². The first-order chi connectivity index (χ1) is 8.76. The van der Waals surface area contributed by atoms with E-state index in [2.05, 4.69) is 9.72 Å². The predicted molar refractivity (Wildman–Crippen MR) is 64.6 cm³/mol. The number of pyridine rings is 1.